The third kappa shape index (κ3) is 50.7. The predicted molar refractivity (Wildman–Crippen MR) is 270 cm³/mol. The molecule has 0 heterocycles. The number of phosphoric acid groups is 1. The Morgan fingerprint density at radius 1 is 0.400 bits per heavy atom. The van der Waals surface area contributed by atoms with Crippen molar-refractivity contribution in [3.05, 3.63) is 0 Å². The highest BCUT2D eigenvalue weighted by Gasteiger charge is 2.27. The number of hydrogen-bond acceptors (Lipinski definition) is 9. The molecule has 0 aliphatic heterocycles. The first-order chi connectivity index (χ1) is 31.7. The Labute approximate surface area is 401 Å². The van der Waals surface area contributed by atoms with Crippen LogP contribution in [0.25, 0.3) is 0 Å². The number of aliphatic hydroxyl groups is 2. The maximum atomic E-state index is 12.7. The number of carbonyl (C=O) groups is 2. The van der Waals surface area contributed by atoms with Crippen molar-refractivity contribution in [1.29, 1.82) is 0 Å². The minimum atomic E-state index is -4.62. The van der Waals surface area contributed by atoms with Crippen LogP contribution in [-0.4, -0.2) is 65.7 Å². The lowest BCUT2D eigenvalue weighted by Gasteiger charge is -2.20. The molecule has 388 valence electrons. The lowest BCUT2D eigenvalue weighted by Crippen LogP contribution is -2.29. The second-order valence-corrected chi connectivity index (χ2v) is 20.8. The number of hydrogen-bond donors (Lipinski definition) is 3. The van der Waals surface area contributed by atoms with Crippen molar-refractivity contribution in [2.75, 3.05) is 26.4 Å². The maximum Gasteiger partial charge on any atom is 0.472 e. The first-order valence-electron chi connectivity index (χ1n) is 28.0. The van der Waals surface area contributed by atoms with Gasteiger partial charge in [0.05, 0.1) is 19.8 Å². The second kappa shape index (κ2) is 50.8. The molecule has 0 aromatic carbocycles. The fourth-order valence-electron chi connectivity index (χ4n) is 8.47. The normalized spacial score (nSPS) is 13.5. The summed E-state index contributed by atoms with van der Waals surface area (Å²) in [6.07, 6.45) is 52.2. The lowest BCUT2D eigenvalue weighted by atomic mass is 10.0. The molecule has 0 fully saturated rings. The van der Waals surface area contributed by atoms with E-state index < -0.39 is 51.8 Å². The number of esters is 2. The molecule has 0 amide bonds. The molecular formula is C54H107O10P. The fraction of sp³-hybridized carbons (Fsp3) is 0.963. The minimum Gasteiger partial charge on any atom is -0.462 e. The van der Waals surface area contributed by atoms with E-state index in [1.165, 1.54) is 225 Å². The average Bonchev–Trinajstić information content (AvgIpc) is 3.30. The Hall–Kier alpha value is -1.03. The molecule has 1 unspecified atom stereocenters. The van der Waals surface area contributed by atoms with Crippen LogP contribution in [0.15, 0.2) is 0 Å². The zero-order chi connectivity index (χ0) is 47.6. The molecule has 0 aliphatic rings. The molecule has 0 radical (unpaired) electrons. The molecule has 0 spiro atoms. The summed E-state index contributed by atoms with van der Waals surface area (Å²) in [6, 6.07) is 0. The van der Waals surface area contributed by atoms with Crippen molar-refractivity contribution in [3.63, 3.8) is 0 Å². The first kappa shape index (κ1) is 64.0. The van der Waals surface area contributed by atoms with Crippen molar-refractivity contribution in [2.45, 2.75) is 309 Å². The molecule has 0 aromatic rings. The summed E-state index contributed by atoms with van der Waals surface area (Å²) in [6.45, 7) is 2.47. The summed E-state index contributed by atoms with van der Waals surface area (Å²) in [7, 11) is -4.62. The van der Waals surface area contributed by atoms with E-state index in [0.29, 0.717) is 12.8 Å². The number of unbranched alkanes of at least 4 members (excludes halogenated alkanes) is 40. The molecule has 0 saturated carbocycles. The van der Waals surface area contributed by atoms with E-state index in [-0.39, 0.29) is 19.4 Å². The highest BCUT2D eigenvalue weighted by Crippen LogP contribution is 2.43. The molecule has 0 saturated heterocycles. The van der Waals surface area contributed by atoms with Crippen LogP contribution in [0.1, 0.15) is 296 Å². The van der Waals surface area contributed by atoms with Crippen LogP contribution in [0.4, 0.5) is 0 Å². The molecule has 10 nitrogen and oxygen atoms in total. The Bertz CT molecular complexity index is 1040. The van der Waals surface area contributed by atoms with Gasteiger partial charge in [-0.3, -0.25) is 18.6 Å². The predicted octanol–water partition coefficient (Wildman–Crippen LogP) is 16.1. The van der Waals surface area contributed by atoms with Gasteiger partial charge in [-0.15, -0.1) is 0 Å². The van der Waals surface area contributed by atoms with Gasteiger partial charge < -0.3 is 24.6 Å². The number of rotatable bonds is 54. The van der Waals surface area contributed by atoms with Crippen LogP contribution in [0.2, 0.25) is 0 Å². The summed E-state index contributed by atoms with van der Waals surface area (Å²) in [5.74, 6) is -0.899. The van der Waals surface area contributed by atoms with E-state index in [4.69, 9.17) is 23.6 Å². The van der Waals surface area contributed by atoms with E-state index in [2.05, 4.69) is 13.8 Å². The summed E-state index contributed by atoms with van der Waals surface area (Å²) in [5.41, 5.74) is 0. The summed E-state index contributed by atoms with van der Waals surface area (Å²) >= 11 is 0. The quantitative estimate of drug-likeness (QED) is 0.0306. The van der Waals surface area contributed by atoms with Crippen molar-refractivity contribution in [3.8, 4) is 0 Å². The fourth-order valence-corrected chi connectivity index (χ4v) is 9.26. The van der Waals surface area contributed by atoms with E-state index in [1.807, 2.05) is 0 Å². The standard InChI is InChI=1S/C54H107O10P/c1-3-5-7-9-11-13-15-17-19-21-23-25-26-28-30-32-34-36-38-40-42-44-46-54(58)64-52(50-63-65(59,60)62-48-51(56)47-55)49-61-53(57)45-43-41-39-37-35-33-31-29-27-24-22-20-18-16-14-12-10-8-6-4-2/h51-52,55-56H,3-50H2,1-2H3,(H,59,60)/t51-,52+/m0/s1. The number of aliphatic hydroxyl groups excluding tert-OH is 2. The smallest absolute Gasteiger partial charge is 0.462 e. The molecule has 0 aliphatic carbocycles. The second-order valence-electron chi connectivity index (χ2n) is 19.3. The lowest BCUT2D eigenvalue weighted by molar-refractivity contribution is -0.161. The van der Waals surface area contributed by atoms with E-state index in [1.54, 1.807) is 0 Å². The Morgan fingerprint density at radius 3 is 0.954 bits per heavy atom. The van der Waals surface area contributed by atoms with E-state index in [9.17, 15) is 24.2 Å². The third-order valence-corrected chi connectivity index (χ3v) is 13.7. The van der Waals surface area contributed by atoms with Crippen molar-refractivity contribution in [1.82, 2.24) is 0 Å². The molecule has 3 N–H and O–H groups in total. The minimum absolute atomic E-state index is 0.193. The monoisotopic (exact) mass is 947 g/mol. The first-order valence-corrected chi connectivity index (χ1v) is 29.5. The van der Waals surface area contributed by atoms with Crippen molar-refractivity contribution >= 4 is 19.8 Å². The Balaban J connectivity index is 4.07. The number of ether oxygens (including phenoxy) is 2. The Kier molecular flexibility index (Phi) is 50.0. The van der Waals surface area contributed by atoms with Gasteiger partial charge in [0, 0.05) is 12.8 Å². The maximum absolute atomic E-state index is 12.7. The molecular weight excluding hydrogens is 840 g/mol. The molecule has 11 heteroatoms. The van der Waals surface area contributed by atoms with Crippen LogP contribution < -0.4 is 0 Å². The van der Waals surface area contributed by atoms with E-state index >= 15 is 0 Å². The third-order valence-electron chi connectivity index (χ3n) is 12.8. The van der Waals surface area contributed by atoms with Gasteiger partial charge in [-0.2, -0.15) is 0 Å². The molecule has 65 heavy (non-hydrogen) atoms. The zero-order valence-electron chi connectivity index (χ0n) is 42.7. The Morgan fingerprint density at radius 2 is 0.662 bits per heavy atom. The van der Waals surface area contributed by atoms with Crippen molar-refractivity contribution < 1.29 is 47.8 Å². The van der Waals surface area contributed by atoms with Gasteiger partial charge >= 0.3 is 19.8 Å². The van der Waals surface area contributed by atoms with Crippen LogP contribution in [-0.2, 0) is 32.7 Å². The van der Waals surface area contributed by atoms with Gasteiger partial charge in [-0.05, 0) is 12.8 Å². The molecule has 3 atom stereocenters. The largest absolute Gasteiger partial charge is 0.472 e. The van der Waals surface area contributed by atoms with Gasteiger partial charge in [0.15, 0.2) is 6.10 Å². The topological polar surface area (TPSA) is 149 Å². The number of carbonyl (C=O) groups excluding carboxylic acids is 2. The average molecular weight is 947 g/mol. The van der Waals surface area contributed by atoms with Crippen LogP contribution >= 0.6 is 7.82 Å². The highest BCUT2D eigenvalue weighted by molar-refractivity contribution is 7.47. The van der Waals surface area contributed by atoms with E-state index in [0.717, 1.165) is 32.1 Å². The van der Waals surface area contributed by atoms with Crippen molar-refractivity contribution in [2.24, 2.45) is 0 Å². The zero-order valence-corrected chi connectivity index (χ0v) is 43.6. The van der Waals surface area contributed by atoms with Crippen LogP contribution in [0.5, 0.6) is 0 Å². The van der Waals surface area contributed by atoms with Gasteiger partial charge in [0.1, 0.15) is 12.7 Å². The number of phosphoric ester groups is 1. The summed E-state index contributed by atoms with van der Waals surface area (Å²) < 4.78 is 33.0. The summed E-state index contributed by atoms with van der Waals surface area (Å²) in [5, 5.41) is 18.4. The molecule has 0 bridgehead atoms. The van der Waals surface area contributed by atoms with Gasteiger partial charge in [0.25, 0.3) is 0 Å². The highest BCUT2D eigenvalue weighted by atomic mass is 31.2. The van der Waals surface area contributed by atoms with Crippen LogP contribution in [0, 0.1) is 0 Å². The summed E-state index contributed by atoms with van der Waals surface area (Å²) in [4.78, 5) is 35.3. The van der Waals surface area contributed by atoms with Gasteiger partial charge in [-0.1, -0.05) is 271 Å². The SMILES string of the molecule is CCCCCCCCCCCCCCCCCCCCCCCCC(=O)O[C@H](COC(=O)CCCCCCCCCCCCCCCCCCCCCC)COP(=O)(O)OC[C@@H](O)CO. The van der Waals surface area contributed by atoms with Gasteiger partial charge in [0.2, 0.25) is 0 Å². The van der Waals surface area contributed by atoms with Crippen LogP contribution in [0.3, 0.4) is 0 Å². The molecule has 0 rings (SSSR count). The molecule has 0 aromatic heterocycles. The van der Waals surface area contributed by atoms with Gasteiger partial charge in [-0.25, -0.2) is 4.57 Å².